The van der Waals surface area contributed by atoms with Crippen molar-refractivity contribution < 1.29 is 0 Å². The third kappa shape index (κ3) is 3.26. The largest absolute Gasteiger partial charge is 0.370 e. The van der Waals surface area contributed by atoms with Gasteiger partial charge in [-0.25, -0.2) is 9.97 Å². The Bertz CT molecular complexity index is 535. The molecule has 0 aliphatic rings. The van der Waals surface area contributed by atoms with Gasteiger partial charge in [-0.2, -0.15) is 0 Å². The molecule has 0 amide bonds. The summed E-state index contributed by atoms with van der Waals surface area (Å²) in [7, 11) is 0. The normalized spacial score (nSPS) is 10.3. The average molecular weight is 270 g/mol. The first-order valence-electron chi connectivity index (χ1n) is 7.21. The maximum absolute atomic E-state index is 4.70. The van der Waals surface area contributed by atoms with Crippen LogP contribution in [0.4, 0.5) is 11.6 Å². The van der Waals surface area contributed by atoms with Gasteiger partial charge in [0, 0.05) is 31.3 Å². The van der Waals surface area contributed by atoms with Crippen LogP contribution in [-0.2, 0) is 0 Å². The Labute approximate surface area is 120 Å². The molecule has 1 aromatic heterocycles. The third-order valence-electron chi connectivity index (χ3n) is 3.19. The van der Waals surface area contributed by atoms with E-state index in [1.807, 2.05) is 36.4 Å². The lowest BCUT2D eigenvalue weighted by Crippen LogP contribution is -2.23. The van der Waals surface area contributed by atoms with E-state index in [2.05, 4.69) is 36.0 Å². The van der Waals surface area contributed by atoms with Crippen molar-refractivity contribution in [1.29, 1.82) is 0 Å². The van der Waals surface area contributed by atoms with Crippen molar-refractivity contribution in [3.8, 4) is 11.4 Å². The van der Waals surface area contributed by atoms with Crippen molar-refractivity contribution in [2.45, 2.75) is 20.8 Å². The molecule has 106 valence electrons. The van der Waals surface area contributed by atoms with E-state index in [0.29, 0.717) is 0 Å². The Morgan fingerprint density at radius 3 is 2.30 bits per heavy atom. The van der Waals surface area contributed by atoms with Crippen LogP contribution in [0, 0.1) is 0 Å². The molecular formula is C16H22N4. The van der Waals surface area contributed by atoms with E-state index < -0.39 is 0 Å². The fraction of sp³-hybridized carbons (Fsp3) is 0.375. The molecule has 0 atom stereocenters. The van der Waals surface area contributed by atoms with E-state index in [-0.39, 0.29) is 0 Å². The van der Waals surface area contributed by atoms with Crippen LogP contribution in [-0.4, -0.2) is 29.6 Å². The highest BCUT2D eigenvalue weighted by Gasteiger charge is 2.10. The van der Waals surface area contributed by atoms with Gasteiger partial charge in [0.1, 0.15) is 11.6 Å². The fourth-order valence-corrected chi connectivity index (χ4v) is 2.13. The number of nitrogens with zero attached hydrogens (tertiary/aromatic N) is 3. The van der Waals surface area contributed by atoms with Crippen molar-refractivity contribution in [1.82, 2.24) is 9.97 Å². The first-order valence-corrected chi connectivity index (χ1v) is 7.21. The minimum absolute atomic E-state index is 0.769. The highest BCUT2D eigenvalue weighted by atomic mass is 15.2. The van der Waals surface area contributed by atoms with E-state index in [1.165, 1.54) is 0 Å². The molecule has 2 rings (SSSR count). The second-order valence-corrected chi connectivity index (χ2v) is 4.50. The standard InChI is InChI=1S/C16H22N4/c1-4-17-14-12-15(20(5-2)6-3)19-16(18-14)13-10-8-7-9-11-13/h7-12H,4-6H2,1-3H3,(H,17,18,19). The van der Waals surface area contributed by atoms with E-state index in [4.69, 9.17) is 4.98 Å². The molecule has 20 heavy (non-hydrogen) atoms. The SMILES string of the molecule is CCNc1cc(N(CC)CC)nc(-c2ccccc2)n1. The summed E-state index contributed by atoms with van der Waals surface area (Å²) in [5, 5.41) is 3.28. The van der Waals surface area contributed by atoms with Crippen molar-refractivity contribution >= 4 is 11.6 Å². The van der Waals surface area contributed by atoms with E-state index in [9.17, 15) is 0 Å². The number of anilines is 2. The summed E-state index contributed by atoms with van der Waals surface area (Å²) in [4.78, 5) is 11.5. The zero-order chi connectivity index (χ0) is 14.4. The topological polar surface area (TPSA) is 41.0 Å². The molecule has 0 aliphatic heterocycles. The summed E-state index contributed by atoms with van der Waals surface area (Å²) >= 11 is 0. The molecule has 0 unspecified atom stereocenters. The average Bonchev–Trinajstić information content (AvgIpc) is 2.50. The zero-order valence-corrected chi connectivity index (χ0v) is 12.4. The molecule has 0 bridgehead atoms. The minimum atomic E-state index is 0.769. The molecule has 2 aromatic rings. The van der Waals surface area contributed by atoms with Crippen LogP contribution in [0.1, 0.15) is 20.8 Å². The number of nitrogens with one attached hydrogen (secondary N) is 1. The number of rotatable bonds is 6. The molecule has 4 nitrogen and oxygen atoms in total. The Kier molecular flexibility index (Phi) is 4.93. The molecule has 0 spiro atoms. The number of hydrogen-bond acceptors (Lipinski definition) is 4. The van der Waals surface area contributed by atoms with Gasteiger partial charge in [0.25, 0.3) is 0 Å². The first kappa shape index (κ1) is 14.3. The van der Waals surface area contributed by atoms with Crippen molar-refractivity contribution in [2.75, 3.05) is 29.9 Å². The fourth-order valence-electron chi connectivity index (χ4n) is 2.13. The Morgan fingerprint density at radius 1 is 1.00 bits per heavy atom. The summed E-state index contributed by atoms with van der Waals surface area (Å²) in [6.45, 7) is 9.08. The van der Waals surface area contributed by atoms with Crippen molar-refractivity contribution in [3.63, 3.8) is 0 Å². The zero-order valence-electron chi connectivity index (χ0n) is 12.4. The highest BCUT2D eigenvalue weighted by Crippen LogP contribution is 2.22. The summed E-state index contributed by atoms with van der Waals surface area (Å²) in [6, 6.07) is 12.1. The Hall–Kier alpha value is -2.10. The van der Waals surface area contributed by atoms with Crippen molar-refractivity contribution in [3.05, 3.63) is 36.4 Å². The molecular weight excluding hydrogens is 248 g/mol. The van der Waals surface area contributed by atoms with Gasteiger partial charge >= 0.3 is 0 Å². The minimum Gasteiger partial charge on any atom is -0.370 e. The van der Waals surface area contributed by atoms with Crippen molar-refractivity contribution in [2.24, 2.45) is 0 Å². The third-order valence-corrected chi connectivity index (χ3v) is 3.19. The maximum atomic E-state index is 4.70. The molecule has 0 fully saturated rings. The van der Waals surface area contributed by atoms with Crippen LogP contribution >= 0.6 is 0 Å². The van der Waals surface area contributed by atoms with Gasteiger partial charge in [0.2, 0.25) is 0 Å². The first-order chi connectivity index (χ1) is 9.78. The number of aromatic nitrogens is 2. The molecule has 0 aliphatic carbocycles. The van der Waals surface area contributed by atoms with Gasteiger partial charge in [-0.05, 0) is 20.8 Å². The number of benzene rings is 1. The maximum Gasteiger partial charge on any atom is 0.163 e. The van der Waals surface area contributed by atoms with Gasteiger partial charge in [0.15, 0.2) is 5.82 Å². The highest BCUT2D eigenvalue weighted by molar-refractivity contribution is 5.61. The van der Waals surface area contributed by atoms with Crippen LogP contribution in [0.25, 0.3) is 11.4 Å². The molecule has 1 N–H and O–H groups in total. The molecule has 0 radical (unpaired) electrons. The molecule has 1 aromatic carbocycles. The van der Waals surface area contributed by atoms with Crippen LogP contribution < -0.4 is 10.2 Å². The van der Waals surface area contributed by atoms with Crippen LogP contribution in [0.5, 0.6) is 0 Å². The molecule has 0 saturated heterocycles. The second-order valence-electron chi connectivity index (χ2n) is 4.50. The monoisotopic (exact) mass is 270 g/mol. The van der Waals surface area contributed by atoms with Gasteiger partial charge in [-0.3, -0.25) is 0 Å². The smallest absolute Gasteiger partial charge is 0.163 e. The lowest BCUT2D eigenvalue weighted by molar-refractivity contribution is 0.843. The number of hydrogen-bond donors (Lipinski definition) is 1. The van der Waals surface area contributed by atoms with E-state index >= 15 is 0 Å². The van der Waals surface area contributed by atoms with Gasteiger partial charge in [-0.15, -0.1) is 0 Å². The Balaban J connectivity index is 2.46. The Morgan fingerprint density at radius 2 is 1.70 bits per heavy atom. The second kappa shape index (κ2) is 6.89. The lowest BCUT2D eigenvalue weighted by atomic mass is 10.2. The summed E-state index contributed by atoms with van der Waals surface area (Å²) in [5.74, 6) is 2.62. The van der Waals surface area contributed by atoms with Crippen LogP contribution in [0.15, 0.2) is 36.4 Å². The van der Waals surface area contributed by atoms with Gasteiger partial charge < -0.3 is 10.2 Å². The predicted molar refractivity (Wildman–Crippen MR) is 85.2 cm³/mol. The predicted octanol–water partition coefficient (Wildman–Crippen LogP) is 3.42. The van der Waals surface area contributed by atoms with Gasteiger partial charge in [-0.1, -0.05) is 30.3 Å². The van der Waals surface area contributed by atoms with E-state index in [1.54, 1.807) is 0 Å². The summed E-state index contributed by atoms with van der Waals surface area (Å²) in [5.41, 5.74) is 1.04. The quantitative estimate of drug-likeness (QED) is 0.873. The molecule has 4 heteroatoms. The molecule has 1 heterocycles. The lowest BCUT2D eigenvalue weighted by Gasteiger charge is -2.21. The van der Waals surface area contributed by atoms with Crippen LogP contribution in [0.3, 0.4) is 0 Å². The van der Waals surface area contributed by atoms with Gasteiger partial charge in [0.05, 0.1) is 0 Å². The molecule has 0 saturated carbocycles. The van der Waals surface area contributed by atoms with E-state index in [0.717, 1.165) is 42.7 Å². The van der Waals surface area contributed by atoms with Crippen LogP contribution in [0.2, 0.25) is 0 Å². The summed E-state index contributed by atoms with van der Waals surface area (Å²) < 4.78 is 0. The summed E-state index contributed by atoms with van der Waals surface area (Å²) in [6.07, 6.45) is 0.